The van der Waals surface area contributed by atoms with Gasteiger partial charge in [0.15, 0.2) is 0 Å². The largest absolute Gasteiger partial charge is 0.393 e. The molecule has 1 saturated carbocycles. The van der Waals surface area contributed by atoms with E-state index in [1.165, 1.54) is 0 Å². The van der Waals surface area contributed by atoms with Crippen LogP contribution < -0.4 is 4.90 Å². The van der Waals surface area contributed by atoms with E-state index in [0.717, 1.165) is 42.7 Å². The molecule has 0 unspecified atom stereocenters. The highest BCUT2D eigenvalue weighted by atomic mass is 16.3. The monoisotopic (exact) mass is 256 g/mol. The third-order valence-corrected chi connectivity index (χ3v) is 4.40. The second-order valence-electron chi connectivity index (χ2n) is 5.66. The van der Waals surface area contributed by atoms with Crippen LogP contribution in [-0.4, -0.2) is 39.3 Å². The summed E-state index contributed by atoms with van der Waals surface area (Å²) in [6, 6.07) is 1.91. The van der Waals surface area contributed by atoms with Gasteiger partial charge in [0, 0.05) is 31.4 Å². The summed E-state index contributed by atoms with van der Waals surface area (Å²) in [4.78, 5) is 15.2. The Morgan fingerprint density at radius 3 is 3.05 bits per heavy atom. The van der Waals surface area contributed by atoms with Gasteiger partial charge in [0.05, 0.1) is 17.0 Å². The number of fused-ring (bicyclic) bond motifs is 3. The molecule has 2 aromatic heterocycles. The molecule has 5 heteroatoms. The van der Waals surface area contributed by atoms with E-state index in [1.54, 1.807) is 12.5 Å². The zero-order valence-electron chi connectivity index (χ0n) is 10.6. The highest BCUT2D eigenvalue weighted by Crippen LogP contribution is 2.39. The highest BCUT2D eigenvalue weighted by Gasteiger charge is 2.39. The first-order valence-electron chi connectivity index (χ1n) is 6.79. The van der Waals surface area contributed by atoms with Gasteiger partial charge in [-0.15, -0.1) is 0 Å². The average Bonchev–Trinajstić information content (AvgIpc) is 2.71. The smallest absolute Gasteiger partial charge is 0.141 e. The number of aromatic nitrogens is 3. The molecule has 1 saturated heterocycles. The van der Waals surface area contributed by atoms with E-state index < -0.39 is 0 Å². The summed E-state index contributed by atoms with van der Waals surface area (Å²) in [6.07, 6.45) is 7.15. The lowest BCUT2D eigenvalue weighted by Gasteiger charge is -2.33. The molecular formula is C14H16N4O. The molecule has 2 bridgehead atoms. The third kappa shape index (κ3) is 1.76. The molecule has 1 N–H and O–H groups in total. The maximum atomic E-state index is 10.0. The van der Waals surface area contributed by atoms with Crippen LogP contribution in [0.15, 0.2) is 24.8 Å². The minimum absolute atomic E-state index is 0.138. The topological polar surface area (TPSA) is 62.1 Å². The second-order valence-corrected chi connectivity index (χ2v) is 5.66. The van der Waals surface area contributed by atoms with Crippen molar-refractivity contribution in [2.45, 2.75) is 18.9 Å². The molecule has 2 fully saturated rings. The van der Waals surface area contributed by atoms with Crippen molar-refractivity contribution in [2.75, 3.05) is 18.0 Å². The summed E-state index contributed by atoms with van der Waals surface area (Å²) in [5.41, 5.74) is 0.929. The number of anilines is 1. The van der Waals surface area contributed by atoms with Crippen molar-refractivity contribution in [3.63, 3.8) is 0 Å². The fraction of sp³-hybridized carbons (Fsp3) is 0.500. The number of aliphatic hydroxyl groups excluding tert-OH is 1. The van der Waals surface area contributed by atoms with Crippen LogP contribution in [0.1, 0.15) is 12.8 Å². The molecule has 3 atom stereocenters. The third-order valence-electron chi connectivity index (χ3n) is 4.40. The number of nitrogens with zero attached hydrogens (tertiary/aromatic N) is 4. The van der Waals surface area contributed by atoms with Crippen molar-refractivity contribution < 1.29 is 5.11 Å². The van der Waals surface area contributed by atoms with E-state index in [-0.39, 0.29) is 6.10 Å². The number of pyridine rings is 1. The summed E-state index contributed by atoms with van der Waals surface area (Å²) in [6.45, 7) is 1.87. The molecule has 0 aromatic carbocycles. The van der Waals surface area contributed by atoms with E-state index in [2.05, 4.69) is 19.9 Å². The SMILES string of the molecule is O[C@@H]1C[C@H]2C[C@@H]1CN(c1ncnc3ccncc13)C2. The van der Waals surface area contributed by atoms with Crippen molar-refractivity contribution in [1.29, 1.82) is 0 Å². The van der Waals surface area contributed by atoms with Gasteiger partial charge in [0.2, 0.25) is 0 Å². The Morgan fingerprint density at radius 1 is 1.21 bits per heavy atom. The molecule has 19 heavy (non-hydrogen) atoms. The van der Waals surface area contributed by atoms with Crippen molar-refractivity contribution in [2.24, 2.45) is 11.8 Å². The van der Waals surface area contributed by atoms with E-state index in [1.807, 2.05) is 12.3 Å². The van der Waals surface area contributed by atoms with Gasteiger partial charge in [-0.1, -0.05) is 0 Å². The first-order chi connectivity index (χ1) is 9.31. The minimum atomic E-state index is -0.138. The van der Waals surface area contributed by atoms with Crippen molar-refractivity contribution >= 4 is 16.7 Å². The number of hydrogen-bond donors (Lipinski definition) is 1. The molecule has 2 aliphatic rings. The Balaban J connectivity index is 1.75. The Hall–Kier alpha value is -1.75. The van der Waals surface area contributed by atoms with Crippen LogP contribution in [0.4, 0.5) is 5.82 Å². The van der Waals surface area contributed by atoms with Gasteiger partial charge in [-0.2, -0.15) is 0 Å². The van der Waals surface area contributed by atoms with Gasteiger partial charge in [-0.3, -0.25) is 4.98 Å². The van der Waals surface area contributed by atoms with Crippen LogP contribution in [0.2, 0.25) is 0 Å². The molecule has 0 spiro atoms. The lowest BCUT2D eigenvalue weighted by Crippen LogP contribution is -2.38. The molecule has 5 nitrogen and oxygen atoms in total. The van der Waals surface area contributed by atoms with Crippen LogP contribution in [0.25, 0.3) is 10.9 Å². The summed E-state index contributed by atoms with van der Waals surface area (Å²) in [5, 5.41) is 11.0. The maximum absolute atomic E-state index is 10.0. The van der Waals surface area contributed by atoms with Gasteiger partial charge in [0.25, 0.3) is 0 Å². The van der Waals surface area contributed by atoms with E-state index >= 15 is 0 Å². The maximum Gasteiger partial charge on any atom is 0.141 e. The predicted molar refractivity (Wildman–Crippen MR) is 71.8 cm³/mol. The molecule has 1 aliphatic heterocycles. The summed E-state index contributed by atoms with van der Waals surface area (Å²) < 4.78 is 0. The highest BCUT2D eigenvalue weighted by molar-refractivity contribution is 5.88. The van der Waals surface area contributed by atoms with Crippen LogP contribution in [0.5, 0.6) is 0 Å². The summed E-state index contributed by atoms with van der Waals surface area (Å²) >= 11 is 0. The van der Waals surface area contributed by atoms with Gasteiger partial charge in [-0.25, -0.2) is 9.97 Å². The quantitative estimate of drug-likeness (QED) is 0.831. The minimum Gasteiger partial charge on any atom is -0.393 e. The lowest BCUT2D eigenvalue weighted by molar-refractivity contribution is 0.137. The zero-order valence-corrected chi connectivity index (χ0v) is 10.6. The van der Waals surface area contributed by atoms with Crippen molar-refractivity contribution in [3.05, 3.63) is 24.8 Å². The van der Waals surface area contributed by atoms with Gasteiger partial charge in [0.1, 0.15) is 12.1 Å². The van der Waals surface area contributed by atoms with Gasteiger partial charge < -0.3 is 10.0 Å². The zero-order chi connectivity index (χ0) is 12.8. The molecule has 98 valence electrons. The van der Waals surface area contributed by atoms with E-state index in [4.69, 9.17) is 0 Å². The fourth-order valence-electron chi connectivity index (χ4n) is 3.54. The molecule has 4 rings (SSSR count). The Morgan fingerprint density at radius 2 is 2.16 bits per heavy atom. The summed E-state index contributed by atoms with van der Waals surface area (Å²) in [5.74, 6) is 1.94. The second kappa shape index (κ2) is 4.13. The first-order valence-corrected chi connectivity index (χ1v) is 6.79. The Bertz CT molecular complexity index is 610. The lowest BCUT2D eigenvalue weighted by atomic mass is 9.98. The average molecular weight is 256 g/mol. The normalized spacial score (nSPS) is 29.9. The molecule has 1 aliphatic carbocycles. The van der Waals surface area contributed by atoms with E-state index in [9.17, 15) is 5.11 Å². The van der Waals surface area contributed by atoms with Crippen LogP contribution in [0.3, 0.4) is 0 Å². The molecular weight excluding hydrogens is 240 g/mol. The molecule has 3 heterocycles. The van der Waals surface area contributed by atoms with E-state index in [0.29, 0.717) is 11.8 Å². The standard InChI is InChI=1S/C14H16N4O/c19-13-4-9-3-10(13)7-18(6-9)14-11-5-15-2-1-12(11)16-8-17-14/h1-2,5,8-10,13,19H,3-4,6-7H2/t9-,10-,13-/m1/s1. The first kappa shape index (κ1) is 11.1. The fourth-order valence-corrected chi connectivity index (χ4v) is 3.54. The van der Waals surface area contributed by atoms with Crippen molar-refractivity contribution in [1.82, 2.24) is 15.0 Å². The summed E-state index contributed by atoms with van der Waals surface area (Å²) in [7, 11) is 0. The molecule has 2 aromatic rings. The predicted octanol–water partition coefficient (Wildman–Crippen LogP) is 1.23. The number of aliphatic hydroxyl groups is 1. The number of hydrogen-bond acceptors (Lipinski definition) is 5. The number of piperidine rings is 1. The van der Waals surface area contributed by atoms with Crippen molar-refractivity contribution in [3.8, 4) is 0 Å². The Labute approximate surface area is 111 Å². The number of rotatable bonds is 1. The molecule has 0 amide bonds. The van der Waals surface area contributed by atoms with Crippen LogP contribution in [-0.2, 0) is 0 Å². The molecule has 0 radical (unpaired) electrons. The van der Waals surface area contributed by atoms with Gasteiger partial charge >= 0.3 is 0 Å². The van der Waals surface area contributed by atoms with Crippen LogP contribution >= 0.6 is 0 Å². The van der Waals surface area contributed by atoms with Gasteiger partial charge in [-0.05, 0) is 24.8 Å². The Kier molecular flexibility index (Phi) is 2.41. The van der Waals surface area contributed by atoms with Crippen LogP contribution in [0, 0.1) is 11.8 Å².